The van der Waals surface area contributed by atoms with Crippen LogP contribution in [-0.2, 0) is 15.5 Å². The van der Waals surface area contributed by atoms with Crippen molar-refractivity contribution >= 4 is 34.9 Å². The van der Waals surface area contributed by atoms with Gasteiger partial charge in [0.25, 0.3) is 0 Å². The zero-order valence-corrected chi connectivity index (χ0v) is 23.0. The van der Waals surface area contributed by atoms with Crippen molar-refractivity contribution < 1.29 is 14.2 Å². The Morgan fingerprint density at radius 1 is 0.806 bits per heavy atom. The van der Waals surface area contributed by atoms with Crippen molar-refractivity contribution in [2.24, 2.45) is 0 Å². The van der Waals surface area contributed by atoms with Gasteiger partial charge < -0.3 is 14.2 Å². The lowest BCUT2D eigenvalue weighted by Crippen LogP contribution is -2.49. The van der Waals surface area contributed by atoms with Crippen LogP contribution in [0.5, 0.6) is 0 Å². The van der Waals surface area contributed by atoms with E-state index in [0.29, 0.717) is 0 Å². The van der Waals surface area contributed by atoms with Crippen LogP contribution >= 0.6 is 0 Å². The summed E-state index contributed by atoms with van der Waals surface area (Å²) in [6.07, 6.45) is 2.41. The number of benzene rings is 3. The maximum atomic E-state index is 10.5. The van der Waals surface area contributed by atoms with E-state index in [1.165, 1.54) is 29.5 Å². The minimum atomic E-state index is -0.983. The molecule has 187 valence electrons. The monoisotopic (exact) mass is 481 g/mol. The summed E-state index contributed by atoms with van der Waals surface area (Å²) in [5.41, 5.74) is 6.61. The first-order valence-electron chi connectivity index (χ1n) is 13.0. The van der Waals surface area contributed by atoms with Crippen molar-refractivity contribution in [3.8, 4) is 11.1 Å². The first kappa shape index (κ1) is 25.1. The third kappa shape index (κ3) is 4.19. The van der Waals surface area contributed by atoms with E-state index in [1.54, 1.807) is 21.3 Å². The van der Waals surface area contributed by atoms with E-state index in [1.807, 2.05) is 32.0 Å². The van der Waals surface area contributed by atoms with Crippen molar-refractivity contribution in [3.63, 3.8) is 0 Å². The van der Waals surface area contributed by atoms with E-state index < -0.39 is 11.2 Å². The Hall–Kier alpha value is -2.56. The molecule has 1 aliphatic rings. The maximum absolute atomic E-state index is 10.5. The minimum Gasteiger partial charge on any atom is -0.456 e. The van der Waals surface area contributed by atoms with Gasteiger partial charge in [0.2, 0.25) is 0 Å². The summed E-state index contributed by atoms with van der Waals surface area (Å²) < 4.78 is 12.4. The summed E-state index contributed by atoms with van der Waals surface area (Å²) in [4.78, 5) is 0. The highest BCUT2D eigenvalue weighted by Gasteiger charge is 2.37. The number of furan rings is 1. The number of aliphatic hydroxyl groups is 1. The van der Waals surface area contributed by atoms with Crippen LogP contribution in [0, 0.1) is 0 Å². The lowest BCUT2D eigenvalue weighted by atomic mass is 9.63. The maximum Gasteiger partial charge on any atom is 0.331 e. The Morgan fingerprint density at radius 3 is 2.14 bits per heavy atom. The van der Waals surface area contributed by atoms with E-state index in [-0.39, 0.29) is 10.8 Å². The van der Waals surface area contributed by atoms with Gasteiger partial charge in [-0.2, -0.15) is 0 Å². The van der Waals surface area contributed by atoms with Gasteiger partial charge in [-0.15, -0.1) is 0 Å². The molecule has 0 bridgehead atoms. The predicted molar refractivity (Wildman–Crippen MR) is 151 cm³/mol. The standard InChI is InChI=1S/C32H38BO3/c1-29(2)16-17-30(3,4)24-18-20(13-15-23(24)29)21-12-14-22-27(19-21)35-26-11-9-10-25(28(22)26)33-36-32(7,8)31(5,6)34/h9-15,18-19,34H,16-17H2,1-8H3. The first-order valence-corrected chi connectivity index (χ1v) is 13.0. The van der Waals surface area contributed by atoms with Crippen LogP contribution in [0.3, 0.4) is 0 Å². The van der Waals surface area contributed by atoms with Crippen LogP contribution in [0.2, 0.25) is 0 Å². The van der Waals surface area contributed by atoms with Crippen molar-refractivity contribution in [2.75, 3.05) is 0 Å². The molecule has 3 aromatic carbocycles. The van der Waals surface area contributed by atoms with Crippen LogP contribution in [0.25, 0.3) is 33.1 Å². The molecule has 4 heteroatoms. The Morgan fingerprint density at radius 2 is 1.44 bits per heavy atom. The minimum absolute atomic E-state index is 0.173. The SMILES string of the molecule is CC1(C)CCC(C)(C)c2cc(-c3ccc4c(c3)oc3cccc([B]OC(C)(C)C(C)(C)O)c34)ccc21. The number of fused-ring (bicyclic) bond motifs is 4. The van der Waals surface area contributed by atoms with Gasteiger partial charge in [-0.25, -0.2) is 0 Å². The summed E-state index contributed by atoms with van der Waals surface area (Å²) >= 11 is 0. The molecule has 0 saturated heterocycles. The lowest BCUT2D eigenvalue weighted by Gasteiger charge is -2.42. The van der Waals surface area contributed by atoms with Crippen LogP contribution in [-0.4, -0.2) is 23.8 Å². The van der Waals surface area contributed by atoms with Crippen molar-refractivity contribution in [1.29, 1.82) is 0 Å². The van der Waals surface area contributed by atoms with Gasteiger partial charge in [-0.3, -0.25) is 0 Å². The zero-order chi connectivity index (χ0) is 26.1. The summed E-state index contributed by atoms with van der Waals surface area (Å²) in [5, 5.41) is 12.6. The smallest absolute Gasteiger partial charge is 0.331 e. The Bertz CT molecular complexity index is 1450. The topological polar surface area (TPSA) is 42.6 Å². The molecule has 0 atom stereocenters. The fraction of sp³-hybridized carbons (Fsp3) is 0.438. The zero-order valence-electron chi connectivity index (χ0n) is 23.0. The van der Waals surface area contributed by atoms with Crippen molar-refractivity contribution in [2.45, 2.75) is 90.3 Å². The van der Waals surface area contributed by atoms with E-state index in [0.717, 1.165) is 33.0 Å². The molecule has 1 radical (unpaired) electrons. The molecule has 1 aliphatic carbocycles. The van der Waals surface area contributed by atoms with E-state index in [4.69, 9.17) is 9.07 Å². The third-order valence-corrected chi connectivity index (χ3v) is 8.67. The van der Waals surface area contributed by atoms with E-state index >= 15 is 0 Å². The van der Waals surface area contributed by atoms with Gasteiger partial charge in [0.05, 0.1) is 11.2 Å². The summed E-state index contributed by atoms with van der Waals surface area (Å²) in [6, 6.07) is 19.5. The largest absolute Gasteiger partial charge is 0.456 e. The fourth-order valence-corrected chi connectivity index (χ4v) is 5.25. The Labute approximate surface area is 216 Å². The average Bonchev–Trinajstić information content (AvgIpc) is 3.18. The molecular weight excluding hydrogens is 443 g/mol. The molecular formula is C32H38BO3. The molecule has 0 aliphatic heterocycles. The highest BCUT2D eigenvalue weighted by molar-refractivity contribution is 6.52. The predicted octanol–water partition coefficient (Wildman–Crippen LogP) is 7.41. The Balaban J connectivity index is 1.55. The van der Waals surface area contributed by atoms with Crippen LogP contribution < -0.4 is 5.46 Å². The van der Waals surface area contributed by atoms with Crippen molar-refractivity contribution in [1.82, 2.24) is 0 Å². The second-order valence-corrected chi connectivity index (χ2v) is 12.9. The molecule has 4 aromatic rings. The van der Waals surface area contributed by atoms with Crippen LogP contribution in [0.4, 0.5) is 0 Å². The third-order valence-electron chi connectivity index (χ3n) is 8.67. The molecule has 0 amide bonds. The molecule has 5 rings (SSSR count). The molecule has 0 spiro atoms. The van der Waals surface area contributed by atoms with Gasteiger partial charge in [0.15, 0.2) is 0 Å². The molecule has 0 fully saturated rings. The molecule has 1 N–H and O–H groups in total. The highest BCUT2D eigenvalue weighted by atomic mass is 16.5. The second-order valence-electron chi connectivity index (χ2n) is 12.9. The molecule has 3 nitrogen and oxygen atoms in total. The number of hydrogen-bond donors (Lipinski definition) is 1. The number of hydrogen-bond acceptors (Lipinski definition) is 3. The summed E-state index contributed by atoms with van der Waals surface area (Å²) in [5.74, 6) is 0. The lowest BCUT2D eigenvalue weighted by molar-refractivity contribution is -0.0893. The van der Waals surface area contributed by atoms with Crippen LogP contribution in [0.15, 0.2) is 59.0 Å². The molecule has 36 heavy (non-hydrogen) atoms. The van der Waals surface area contributed by atoms with Crippen molar-refractivity contribution in [3.05, 3.63) is 65.7 Å². The van der Waals surface area contributed by atoms with E-state index in [2.05, 4.69) is 64.1 Å². The van der Waals surface area contributed by atoms with Crippen LogP contribution in [0.1, 0.15) is 79.4 Å². The first-order chi connectivity index (χ1) is 16.7. The van der Waals surface area contributed by atoms with Gasteiger partial charge in [0.1, 0.15) is 11.2 Å². The second kappa shape index (κ2) is 8.23. The molecule has 1 aromatic heterocycles. The van der Waals surface area contributed by atoms with Gasteiger partial charge in [0, 0.05) is 10.8 Å². The number of rotatable bonds is 5. The fourth-order valence-electron chi connectivity index (χ4n) is 5.25. The normalized spacial score (nSPS) is 17.4. The van der Waals surface area contributed by atoms with Gasteiger partial charge in [-0.05, 0) is 97.3 Å². The molecule has 0 saturated carbocycles. The summed E-state index contributed by atoms with van der Waals surface area (Å²) in [6.45, 7) is 16.8. The molecule has 0 unspecified atom stereocenters. The Kier molecular flexibility index (Phi) is 5.74. The van der Waals surface area contributed by atoms with Gasteiger partial charge >= 0.3 is 7.48 Å². The molecule has 1 heterocycles. The quantitative estimate of drug-likeness (QED) is 0.302. The van der Waals surface area contributed by atoms with E-state index in [9.17, 15) is 5.11 Å². The average molecular weight is 481 g/mol. The summed E-state index contributed by atoms with van der Waals surface area (Å²) in [7, 11) is 1.75. The van der Waals surface area contributed by atoms with Gasteiger partial charge in [-0.1, -0.05) is 64.1 Å². The highest BCUT2D eigenvalue weighted by Crippen LogP contribution is 2.47.